The number of rotatable bonds is 10. The highest BCUT2D eigenvalue weighted by Gasteiger charge is 2.29. The molecule has 1 aromatic carbocycles. The first-order chi connectivity index (χ1) is 19.4. The van der Waals surface area contributed by atoms with Crippen molar-refractivity contribution in [2.24, 2.45) is 4.36 Å². The van der Waals surface area contributed by atoms with Crippen LogP contribution in [-0.4, -0.2) is 38.0 Å². The molecular formula is C31H47N3O6S2. The van der Waals surface area contributed by atoms with Gasteiger partial charge in [-0.1, -0.05) is 52.7 Å². The lowest BCUT2D eigenvalue weighted by atomic mass is 9.85. The molecule has 2 aromatic rings. The van der Waals surface area contributed by atoms with Crippen molar-refractivity contribution in [2.75, 3.05) is 0 Å². The molecule has 2 amide bonds. The zero-order chi connectivity index (χ0) is 31.5. The highest BCUT2D eigenvalue weighted by atomic mass is 32.2. The SMILES string of the molecule is CC(C)c1cc(COC2CCCC2)cc(C(C)C)c1CC(=O)N=S(=O)(NC(=O)OC(C)(C)C)c1cnc(C(C)(C)O)s1. The first-order valence-corrected chi connectivity index (χ1v) is 17.0. The summed E-state index contributed by atoms with van der Waals surface area (Å²) < 4.78 is 32.2. The summed E-state index contributed by atoms with van der Waals surface area (Å²) in [5, 5.41) is 10.7. The zero-order valence-electron chi connectivity index (χ0n) is 26.4. The van der Waals surface area contributed by atoms with E-state index in [1.165, 1.54) is 19.0 Å². The molecule has 0 spiro atoms. The van der Waals surface area contributed by atoms with Crippen LogP contribution in [0.3, 0.4) is 0 Å². The topological polar surface area (TPSA) is 127 Å². The van der Waals surface area contributed by atoms with Gasteiger partial charge in [0.05, 0.1) is 25.3 Å². The van der Waals surface area contributed by atoms with E-state index in [4.69, 9.17) is 9.47 Å². The number of carbonyl (C=O) groups is 2. The molecule has 1 fully saturated rings. The summed E-state index contributed by atoms with van der Waals surface area (Å²) in [6, 6.07) is 4.20. The molecule has 1 aliphatic carbocycles. The van der Waals surface area contributed by atoms with Crippen molar-refractivity contribution in [2.45, 2.75) is 134 Å². The highest BCUT2D eigenvalue weighted by molar-refractivity contribution is 7.94. The predicted octanol–water partition coefficient (Wildman–Crippen LogP) is 7.11. The van der Waals surface area contributed by atoms with Crippen LogP contribution in [0.15, 0.2) is 26.9 Å². The number of aromatic nitrogens is 1. The van der Waals surface area contributed by atoms with Crippen molar-refractivity contribution in [1.29, 1.82) is 0 Å². The van der Waals surface area contributed by atoms with E-state index in [0.29, 0.717) is 12.7 Å². The Morgan fingerprint density at radius 2 is 1.67 bits per heavy atom. The van der Waals surface area contributed by atoms with Crippen LogP contribution in [0, 0.1) is 0 Å². The second kappa shape index (κ2) is 13.5. The first kappa shape index (κ1) is 34.2. The molecule has 1 heterocycles. The van der Waals surface area contributed by atoms with Crippen LogP contribution in [0.5, 0.6) is 0 Å². The molecule has 0 aliphatic heterocycles. The van der Waals surface area contributed by atoms with E-state index in [1.807, 2.05) is 0 Å². The van der Waals surface area contributed by atoms with Gasteiger partial charge in [0.1, 0.15) is 20.4 Å². The normalized spacial score (nSPS) is 16.1. The number of ether oxygens (including phenoxy) is 2. The average Bonchev–Trinajstić information content (AvgIpc) is 3.54. The van der Waals surface area contributed by atoms with Gasteiger partial charge in [-0.2, -0.15) is 0 Å². The maximum atomic E-state index is 14.2. The summed E-state index contributed by atoms with van der Waals surface area (Å²) in [6.07, 6.45) is 5.10. The third-order valence-electron chi connectivity index (χ3n) is 6.87. The minimum atomic E-state index is -3.81. The van der Waals surface area contributed by atoms with E-state index in [1.54, 1.807) is 34.6 Å². The van der Waals surface area contributed by atoms with Crippen LogP contribution < -0.4 is 4.72 Å². The monoisotopic (exact) mass is 621 g/mol. The Bertz CT molecular complexity index is 1360. The average molecular weight is 622 g/mol. The van der Waals surface area contributed by atoms with Crippen LogP contribution in [-0.2, 0) is 42.8 Å². The predicted molar refractivity (Wildman–Crippen MR) is 166 cm³/mol. The van der Waals surface area contributed by atoms with Crippen molar-refractivity contribution in [3.63, 3.8) is 0 Å². The van der Waals surface area contributed by atoms with Gasteiger partial charge in [-0.25, -0.2) is 18.7 Å². The fourth-order valence-electron chi connectivity index (χ4n) is 4.90. The largest absolute Gasteiger partial charge is 0.443 e. The lowest BCUT2D eigenvalue weighted by molar-refractivity contribution is -0.117. The lowest BCUT2D eigenvalue weighted by Gasteiger charge is -2.22. The number of nitrogens with zero attached hydrogens (tertiary/aromatic N) is 2. The second-order valence-corrected chi connectivity index (χ2v) is 16.3. The number of hydrogen-bond acceptors (Lipinski definition) is 8. The Balaban J connectivity index is 2.01. The van der Waals surface area contributed by atoms with Gasteiger partial charge in [-0.05, 0) is 81.5 Å². The molecule has 0 radical (unpaired) electrons. The Morgan fingerprint density at radius 1 is 1.10 bits per heavy atom. The molecule has 11 heteroatoms. The van der Waals surface area contributed by atoms with Crippen molar-refractivity contribution >= 4 is 33.3 Å². The van der Waals surface area contributed by atoms with Crippen LogP contribution in [0.4, 0.5) is 4.79 Å². The molecule has 1 aliphatic rings. The van der Waals surface area contributed by atoms with Crippen molar-refractivity contribution < 1.29 is 28.4 Å². The smallest absolute Gasteiger partial charge is 0.420 e. The Morgan fingerprint density at radius 3 is 2.14 bits per heavy atom. The van der Waals surface area contributed by atoms with Gasteiger partial charge < -0.3 is 14.6 Å². The molecule has 234 valence electrons. The standard InChI is InChI=1S/C31H47N3O6S2/c1-19(2)23-14-21(18-39-22-12-10-11-13-22)15-24(20(3)4)25(23)16-26(35)33-42(38,34-29(36)40-30(5,6)7)27-17-32-28(41-27)31(8,9)37/h14-15,17,19-20,22,37H,10-13,16,18H2,1-9H3,(H,33,34,35,36,38). The minimum Gasteiger partial charge on any atom is -0.443 e. The number of aliphatic hydroxyl groups is 1. The Hall–Kier alpha value is -2.34. The second-order valence-electron chi connectivity index (χ2n) is 13.1. The van der Waals surface area contributed by atoms with E-state index in [0.717, 1.165) is 46.4 Å². The summed E-state index contributed by atoms with van der Waals surface area (Å²) in [4.78, 5) is 30.5. The van der Waals surface area contributed by atoms with Gasteiger partial charge in [-0.3, -0.25) is 4.79 Å². The van der Waals surface area contributed by atoms with Crippen molar-refractivity contribution in [3.05, 3.63) is 45.6 Å². The molecule has 2 N–H and O–H groups in total. The summed E-state index contributed by atoms with van der Waals surface area (Å²) in [7, 11) is -3.81. The van der Waals surface area contributed by atoms with Crippen molar-refractivity contribution in [3.8, 4) is 0 Å². The number of benzene rings is 1. The van der Waals surface area contributed by atoms with E-state index >= 15 is 0 Å². The molecule has 1 unspecified atom stereocenters. The molecule has 1 aromatic heterocycles. The molecule has 0 bridgehead atoms. The highest BCUT2D eigenvalue weighted by Crippen LogP contribution is 2.33. The molecule has 1 atom stereocenters. The maximum absolute atomic E-state index is 14.2. The lowest BCUT2D eigenvalue weighted by Crippen LogP contribution is -2.36. The van der Waals surface area contributed by atoms with Gasteiger partial charge in [0.2, 0.25) is 0 Å². The fourth-order valence-corrected chi connectivity index (χ4v) is 7.52. The van der Waals surface area contributed by atoms with E-state index in [-0.39, 0.29) is 27.5 Å². The Labute approximate surface area is 255 Å². The molecular weight excluding hydrogens is 574 g/mol. The minimum absolute atomic E-state index is 0.0476. The summed E-state index contributed by atoms with van der Waals surface area (Å²) in [5.41, 5.74) is 1.79. The van der Waals surface area contributed by atoms with Crippen LogP contribution >= 0.6 is 11.3 Å². The zero-order valence-corrected chi connectivity index (χ0v) is 28.0. The number of nitrogens with one attached hydrogen (secondary N) is 1. The van der Waals surface area contributed by atoms with Crippen LogP contribution in [0.1, 0.15) is 127 Å². The third-order valence-corrected chi connectivity index (χ3v) is 10.5. The van der Waals surface area contributed by atoms with Crippen molar-refractivity contribution in [1.82, 2.24) is 9.71 Å². The number of thiazole rings is 1. The van der Waals surface area contributed by atoms with Gasteiger partial charge >= 0.3 is 6.09 Å². The summed E-state index contributed by atoms with van der Waals surface area (Å²) in [5.74, 6) is -0.401. The van der Waals surface area contributed by atoms with Gasteiger partial charge in [0.15, 0.2) is 9.92 Å². The molecule has 3 rings (SSSR count). The third kappa shape index (κ3) is 9.33. The molecule has 42 heavy (non-hydrogen) atoms. The number of hydrogen-bond donors (Lipinski definition) is 2. The van der Waals surface area contributed by atoms with E-state index in [9.17, 15) is 18.9 Å². The number of amides is 2. The first-order valence-electron chi connectivity index (χ1n) is 14.6. The molecule has 9 nitrogen and oxygen atoms in total. The summed E-state index contributed by atoms with van der Waals surface area (Å²) in [6.45, 7) is 17.0. The van der Waals surface area contributed by atoms with Crippen LogP contribution in [0.2, 0.25) is 0 Å². The molecule has 0 saturated heterocycles. The van der Waals surface area contributed by atoms with Gasteiger partial charge in [0, 0.05) is 0 Å². The van der Waals surface area contributed by atoms with Crippen LogP contribution in [0.25, 0.3) is 0 Å². The Kier molecular flexibility index (Phi) is 11.0. The number of carbonyl (C=O) groups excluding carboxylic acids is 2. The van der Waals surface area contributed by atoms with Gasteiger partial charge in [0.25, 0.3) is 5.91 Å². The van der Waals surface area contributed by atoms with E-state index < -0.39 is 33.1 Å². The van der Waals surface area contributed by atoms with E-state index in [2.05, 4.69) is 53.9 Å². The quantitative estimate of drug-likeness (QED) is 0.289. The van der Waals surface area contributed by atoms with Gasteiger partial charge in [-0.15, -0.1) is 15.7 Å². The fraction of sp³-hybridized carbons (Fsp3) is 0.645. The molecule has 1 saturated carbocycles. The maximum Gasteiger partial charge on any atom is 0.420 e. The summed E-state index contributed by atoms with van der Waals surface area (Å²) >= 11 is 0.922.